The number of amides is 1. The molecule has 7 nitrogen and oxygen atoms in total. The highest BCUT2D eigenvalue weighted by Gasteiger charge is 2.14. The van der Waals surface area contributed by atoms with Gasteiger partial charge in [-0.3, -0.25) is 4.79 Å². The monoisotopic (exact) mass is 411 g/mol. The average molecular weight is 412 g/mol. The number of halogens is 1. The summed E-state index contributed by atoms with van der Waals surface area (Å²) in [6.07, 6.45) is 1.01. The van der Waals surface area contributed by atoms with Gasteiger partial charge in [0.1, 0.15) is 5.75 Å². The molecule has 0 saturated carbocycles. The number of nitrogens with one attached hydrogen (secondary N) is 2. The number of aromatic nitrogens is 1. The van der Waals surface area contributed by atoms with Crippen molar-refractivity contribution in [1.82, 2.24) is 4.98 Å². The van der Waals surface area contributed by atoms with E-state index in [1.54, 1.807) is 23.6 Å². The van der Waals surface area contributed by atoms with Crippen LogP contribution in [-0.2, 0) is 9.53 Å². The van der Waals surface area contributed by atoms with Crippen molar-refractivity contribution < 1.29 is 19.1 Å². The third-order valence-corrected chi connectivity index (χ3v) is 4.58. The molecule has 0 bridgehead atoms. The lowest BCUT2D eigenvalue weighted by atomic mass is 10.1. The number of benzene rings is 1. The van der Waals surface area contributed by atoms with Crippen LogP contribution in [0.4, 0.5) is 10.8 Å². The largest absolute Gasteiger partial charge is 0.495 e. The molecule has 27 heavy (non-hydrogen) atoms. The van der Waals surface area contributed by atoms with Gasteiger partial charge in [0.25, 0.3) is 5.91 Å². The molecule has 0 saturated heterocycles. The Hall–Kier alpha value is -2.32. The number of anilines is 2. The highest BCUT2D eigenvalue weighted by atomic mass is 35.5. The molecule has 9 heteroatoms. The predicted molar refractivity (Wildman–Crippen MR) is 107 cm³/mol. The molecule has 0 spiro atoms. The fourth-order valence-electron chi connectivity index (χ4n) is 2.06. The number of thiazole rings is 1. The standard InChI is InChI=1S/C18H22ClN3O4S/c1-11(2)6-7-20-18-22-14(10-27-18)17(24)26-9-16(23)21-12-4-5-15(25-3)13(19)8-12/h4-5,8,10-11H,6-7,9H2,1-3H3,(H,20,22)(H,21,23). The van der Waals surface area contributed by atoms with Crippen LogP contribution in [0.1, 0.15) is 30.8 Å². The van der Waals surface area contributed by atoms with E-state index >= 15 is 0 Å². The van der Waals surface area contributed by atoms with Gasteiger partial charge in [-0.15, -0.1) is 11.3 Å². The maximum atomic E-state index is 12.0. The minimum Gasteiger partial charge on any atom is -0.495 e. The number of nitrogens with zero attached hydrogens (tertiary/aromatic N) is 1. The summed E-state index contributed by atoms with van der Waals surface area (Å²) in [5, 5.41) is 8.38. The Kier molecular flexibility index (Phi) is 7.87. The summed E-state index contributed by atoms with van der Waals surface area (Å²) in [4.78, 5) is 28.1. The first-order valence-corrected chi connectivity index (χ1v) is 9.64. The van der Waals surface area contributed by atoms with Crippen LogP contribution in [0.3, 0.4) is 0 Å². The first-order chi connectivity index (χ1) is 12.9. The molecule has 146 valence electrons. The molecule has 0 atom stereocenters. The van der Waals surface area contributed by atoms with Gasteiger partial charge in [-0.1, -0.05) is 25.4 Å². The van der Waals surface area contributed by atoms with Gasteiger partial charge in [0, 0.05) is 17.6 Å². The zero-order valence-corrected chi connectivity index (χ0v) is 16.9. The number of carbonyl (C=O) groups excluding carboxylic acids is 2. The van der Waals surface area contributed by atoms with E-state index in [9.17, 15) is 9.59 Å². The van der Waals surface area contributed by atoms with Crippen molar-refractivity contribution in [3.8, 4) is 5.75 Å². The van der Waals surface area contributed by atoms with Gasteiger partial charge in [-0.25, -0.2) is 9.78 Å². The summed E-state index contributed by atoms with van der Waals surface area (Å²) < 4.78 is 10.0. The van der Waals surface area contributed by atoms with Crippen molar-refractivity contribution >= 4 is 45.6 Å². The molecule has 2 aromatic rings. The van der Waals surface area contributed by atoms with Crippen LogP contribution >= 0.6 is 22.9 Å². The van der Waals surface area contributed by atoms with Gasteiger partial charge in [0.05, 0.1) is 12.1 Å². The van der Waals surface area contributed by atoms with E-state index in [0.717, 1.165) is 13.0 Å². The molecule has 1 aromatic heterocycles. The first-order valence-electron chi connectivity index (χ1n) is 8.39. The zero-order valence-electron chi connectivity index (χ0n) is 15.4. The van der Waals surface area contributed by atoms with Crippen LogP contribution < -0.4 is 15.4 Å². The molecule has 0 fully saturated rings. The number of hydrogen-bond acceptors (Lipinski definition) is 7. The Labute approximate surface area is 167 Å². The smallest absolute Gasteiger partial charge is 0.358 e. The number of methoxy groups -OCH3 is 1. The molecule has 0 unspecified atom stereocenters. The van der Waals surface area contributed by atoms with Crippen molar-refractivity contribution in [2.45, 2.75) is 20.3 Å². The topological polar surface area (TPSA) is 89.5 Å². The third kappa shape index (κ3) is 6.73. The lowest BCUT2D eigenvalue weighted by Crippen LogP contribution is -2.21. The minimum absolute atomic E-state index is 0.173. The van der Waals surface area contributed by atoms with Gasteiger partial charge < -0.3 is 20.1 Å². The average Bonchev–Trinajstić information content (AvgIpc) is 3.08. The zero-order chi connectivity index (χ0) is 19.8. The van der Waals surface area contributed by atoms with Crippen LogP contribution in [0, 0.1) is 5.92 Å². The summed E-state index contributed by atoms with van der Waals surface area (Å²) in [5.41, 5.74) is 0.652. The van der Waals surface area contributed by atoms with Gasteiger partial charge in [0.15, 0.2) is 17.4 Å². The maximum absolute atomic E-state index is 12.0. The molecule has 0 radical (unpaired) electrons. The number of hydrogen-bond donors (Lipinski definition) is 2. The van der Waals surface area contributed by atoms with Crippen molar-refractivity contribution in [1.29, 1.82) is 0 Å². The second-order valence-electron chi connectivity index (χ2n) is 6.12. The van der Waals surface area contributed by atoms with E-state index in [1.165, 1.54) is 18.4 Å². The van der Waals surface area contributed by atoms with Gasteiger partial charge in [0.2, 0.25) is 0 Å². The molecule has 2 N–H and O–H groups in total. The Morgan fingerprint density at radius 2 is 2.11 bits per heavy atom. The van der Waals surface area contributed by atoms with E-state index in [4.69, 9.17) is 21.1 Å². The lowest BCUT2D eigenvalue weighted by Gasteiger charge is -2.08. The van der Waals surface area contributed by atoms with Gasteiger partial charge in [-0.2, -0.15) is 0 Å². The van der Waals surface area contributed by atoms with Crippen LogP contribution in [0.5, 0.6) is 5.75 Å². The van der Waals surface area contributed by atoms with Gasteiger partial charge in [-0.05, 0) is 30.5 Å². The molecule has 1 heterocycles. The molecule has 1 amide bonds. The van der Waals surface area contributed by atoms with E-state index in [2.05, 4.69) is 29.5 Å². The summed E-state index contributed by atoms with van der Waals surface area (Å²) in [6, 6.07) is 4.82. The maximum Gasteiger partial charge on any atom is 0.358 e. The number of carbonyl (C=O) groups is 2. The van der Waals surface area contributed by atoms with Crippen LogP contribution in [0.25, 0.3) is 0 Å². The summed E-state index contributed by atoms with van der Waals surface area (Å²) in [7, 11) is 1.50. The number of rotatable bonds is 9. The van der Waals surface area contributed by atoms with Crippen LogP contribution in [0.2, 0.25) is 5.02 Å². The highest BCUT2D eigenvalue weighted by Crippen LogP contribution is 2.27. The molecule has 0 aliphatic carbocycles. The Balaban J connectivity index is 1.80. The summed E-state index contributed by atoms with van der Waals surface area (Å²) in [5.74, 6) is -0.0374. The van der Waals surface area contributed by atoms with Crippen LogP contribution in [-0.4, -0.2) is 37.1 Å². The number of esters is 1. The first kappa shape index (κ1) is 21.0. The molecular formula is C18H22ClN3O4S. The normalized spacial score (nSPS) is 10.6. The van der Waals surface area contributed by atoms with Crippen molar-refractivity contribution in [2.24, 2.45) is 5.92 Å². The SMILES string of the molecule is COc1ccc(NC(=O)COC(=O)c2csc(NCCC(C)C)n2)cc1Cl. The Bertz CT molecular complexity index is 795. The molecule has 0 aliphatic rings. The van der Waals surface area contributed by atoms with Crippen molar-refractivity contribution in [3.63, 3.8) is 0 Å². The van der Waals surface area contributed by atoms with E-state index in [-0.39, 0.29) is 5.69 Å². The van der Waals surface area contributed by atoms with E-state index < -0.39 is 18.5 Å². The van der Waals surface area contributed by atoms with E-state index in [0.29, 0.717) is 27.5 Å². The lowest BCUT2D eigenvalue weighted by molar-refractivity contribution is -0.119. The molecular weight excluding hydrogens is 390 g/mol. The van der Waals surface area contributed by atoms with Crippen molar-refractivity contribution in [2.75, 3.05) is 30.9 Å². The van der Waals surface area contributed by atoms with Crippen molar-refractivity contribution in [3.05, 3.63) is 34.3 Å². The number of ether oxygens (including phenoxy) is 2. The Morgan fingerprint density at radius 1 is 1.33 bits per heavy atom. The van der Waals surface area contributed by atoms with Crippen LogP contribution in [0.15, 0.2) is 23.6 Å². The van der Waals surface area contributed by atoms with Gasteiger partial charge >= 0.3 is 5.97 Å². The molecule has 2 rings (SSSR count). The highest BCUT2D eigenvalue weighted by molar-refractivity contribution is 7.13. The molecule has 0 aliphatic heterocycles. The second kappa shape index (κ2) is 10.1. The second-order valence-corrected chi connectivity index (χ2v) is 7.39. The summed E-state index contributed by atoms with van der Waals surface area (Å²) >= 11 is 7.32. The third-order valence-electron chi connectivity index (χ3n) is 3.48. The minimum atomic E-state index is -0.647. The fourth-order valence-corrected chi connectivity index (χ4v) is 3.03. The molecule has 1 aromatic carbocycles. The van der Waals surface area contributed by atoms with E-state index in [1.807, 2.05) is 0 Å². The quantitative estimate of drug-likeness (QED) is 0.605. The Morgan fingerprint density at radius 3 is 2.78 bits per heavy atom. The fraction of sp³-hybridized carbons (Fsp3) is 0.389. The summed E-state index contributed by atoms with van der Waals surface area (Å²) in [6.45, 7) is 4.64. The predicted octanol–water partition coefficient (Wildman–Crippen LogP) is 4.06.